The van der Waals surface area contributed by atoms with Gasteiger partial charge in [-0.2, -0.15) is 0 Å². The molecule has 2 aliphatic heterocycles. The maximum absolute atomic E-state index is 12.7. The Morgan fingerprint density at radius 3 is 2.42 bits per heavy atom. The van der Waals surface area contributed by atoms with Crippen LogP contribution in [-0.2, 0) is 9.59 Å². The van der Waals surface area contributed by atoms with E-state index in [2.05, 4.69) is 0 Å². The molecule has 1 unspecified atom stereocenters. The number of benzene rings is 2. The predicted octanol–water partition coefficient (Wildman–Crippen LogP) is 3.45. The van der Waals surface area contributed by atoms with E-state index in [-0.39, 0.29) is 24.2 Å². The smallest absolute Gasteiger partial charge is 0.228 e. The molecule has 2 saturated heterocycles. The van der Waals surface area contributed by atoms with Crippen LogP contribution >= 0.6 is 0 Å². The van der Waals surface area contributed by atoms with Crippen molar-refractivity contribution in [3.8, 4) is 11.5 Å². The molecule has 5 heteroatoms. The van der Waals surface area contributed by atoms with E-state index >= 15 is 0 Å². The standard InChI is InChI=1S/C21H22N2O3/c24-20-14-16(21(25)22-12-6-7-13-22)15-23(20)18-10-4-5-11-19(18)26-17-8-2-1-3-9-17/h1-5,8-11,16H,6-7,12-15H2. The van der Waals surface area contributed by atoms with Crippen molar-refractivity contribution in [1.82, 2.24) is 4.90 Å². The van der Waals surface area contributed by atoms with Crippen LogP contribution in [0.3, 0.4) is 0 Å². The van der Waals surface area contributed by atoms with Gasteiger partial charge >= 0.3 is 0 Å². The van der Waals surface area contributed by atoms with Gasteiger partial charge in [0.25, 0.3) is 0 Å². The zero-order valence-electron chi connectivity index (χ0n) is 14.6. The maximum Gasteiger partial charge on any atom is 0.228 e. The molecule has 134 valence electrons. The molecule has 0 spiro atoms. The molecule has 0 aliphatic carbocycles. The third-order valence-corrected chi connectivity index (χ3v) is 5.02. The molecule has 0 N–H and O–H groups in total. The Bertz CT molecular complexity index is 800. The molecule has 1 atom stereocenters. The molecular formula is C21H22N2O3. The number of nitrogens with zero attached hydrogens (tertiary/aromatic N) is 2. The Morgan fingerprint density at radius 1 is 0.962 bits per heavy atom. The van der Waals surface area contributed by atoms with Crippen molar-refractivity contribution in [1.29, 1.82) is 0 Å². The van der Waals surface area contributed by atoms with Crippen LogP contribution in [0, 0.1) is 5.92 Å². The number of amides is 2. The van der Waals surface area contributed by atoms with Crippen LogP contribution in [0.15, 0.2) is 54.6 Å². The van der Waals surface area contributed by atoms with Crippen LogP contribution in [0.4, 0.5) is 5.69 Å². The second kappa shape index (κ2) is 7.20. The van der Waals surface area contributed by atoms with E-state index in [9.17, 15) is 9.59 Å². The average Bonchev–Trinajstić information content (AvgIpc) is 3.33. The van der Waals surface area contributed by atoms with Crippen molar-refractivity contribution >= 4 is 17.5 Å². The topological polar surface area (TPSA) is 49.9 Å². The third-order valence-electron chi connectivity index (χ3n) is 5.02. The Hall–Kier alpha value is -2.82. The number of likely N-dealkylation sites (tertiary alicyclic amines) is 1. The number of para-hydroxylation sites is 3. The SMILES string of the molecule is O=C(C1CC(=O)N(c2ccccc2Oc2ccccc2)C1)N1CCCC1. The largest absolute Gasteiger partial charge is 0.455 e. The second-order valence-electron chi connectivity index (χ2n) is 6.82. The molecule has 0 radical (unpaired) electrons. The molecule has 26 heavy (non-hydrogen) atoms. The normalized spacial score (nSPS) is 19.8. The molecule has 0 aromatic heterocycles. The molecule has 2 aliphatic rings. The van der Waals surface area contributed by atoms with Crippen LogP contribution in [0.1, 0.15) is 19.3 Å². The molecule has 2 fully saturated rings. The Morgan fingerprint density at radius 2 is 1.65 bits per heavy atom. The monoisotopic (exact) mass is 350 g/mol. The van der Waals surface area contributed by atoms with Crippen LogP contribution in [0.2, 0.25) is 0 Å². The van der Waals surface area contributed by atoms with Crippen molar-refractivity contribution in [2.45, 2.75) is 19.3 Å². The molecule has 2 aromatic carbocycles. The fourth-order valence-corrected chi connectivity index (χ4v) is 3.68. The molecule has 0 bridgehead atoms. The van der Waals surface area contributed by atoms with Crippen molar-refractivity contribution in [3.05, 3.63) is 54.6 Å². The second-order valence-corrected chi connectivity index (χ2v) is 6.82. The van der Waals surface area contributed by atoms with Gasteiger partial charge in [-0.1, -0.05) is 30.3 Å². The van der Waals surface area contributed by atoms with Crippen molar-refractivity contribution in [2.24, 2.45) is 5.92 Å². The lowest BCUT2D eigenvalue weighted by molar-refractivity contribution is -0.134. The van der Waals surface area contributed by atoms with Gasteiger partial charge in [0.1, 0.15) is 5.75 Å². The van der Waals surface area contributed by atoms with Gasteiger partial charge in [0, 0.05) is 26.1 Å². The summed E-state index contributed by atoms with van der Waals surface area (Å²) in [6.45, 7) is 2.05. The van der Waals surface area contributed by atoms with Crippen LogP contribution in [0.25, 0.3) is 0 Å². The minimum absolute atomic E-state index is 0.0216. The van der Waals surface area contributed by atoms with E-state index in [0.717, 1.165) is 37.4 Å². The van der Waals surface area contributed by atoms with Crippen molar-refractivity contribution in [3.63, 3.8) is 0 Å². The maximum atomic E-state index is 12.7. The molecule has 0 saturated carbocycles. The van der Waals surface area contributed by atoms with E-state index in [1.54, 1.807) is 4.90 Å². The van der Waals surface area contributed by atoms with Gasteiger partial charge in [-0.15, -0.1) is 0 Å². The molecular weight excluding hydrogens is 328 g/mol. The lowest BCUT2D eigenvalue weighted by atomic mass is 10.1. The predicted molar refractivity (Wildman–Crippen MR) is 99.2 cm³/mol. The first-order valence-electron chi connectivity index (χ1n) is 9.13. The molecule has 5 nitrogen and oxygen atoms in total. The van der Waals surface area contributed by atoms with Crippen LogP contribution < -0.4 is 9.64 Å². The third kappa shape index (κ3) is 3.29. The summed E-state index contributed by atoms with van der Waals surface area (Å²) in [5, 5.41) is 0. The molecule has 4 rings (SSSR count). The van der Waals surface area contributed by atoms with E-state index in [0.29, 0.717) is 12.3 Å². The number of ether oxygens (including phenoxy) is 1. The molecule has 2 aromatic rings. The number of carbonyl (C=O) groups is 2. The number of rotatable bonds is 4. The van der Waals surface area contributed by atoms with Gasteiger partial charge in [-0.25, -0.2) is 0 Å². The molecule has 2 heterocycles. The quantitative estimate of drug-likeness (QED) is 0.848. The summed E-state index contributed by atoms with van der Waals surface area (Å²) in [5.41, 5.74) is 0.720. The van der Waals surface area contributed by atoms with E-state index in [1.807, 2.05) is 59.5 Å². The molecule has 2 amide bonds. The van der Waals surface area contributed by atoms with Crippen LogP contribution in [-0.4, -0.2) is 36.3 Å². The summed E-state index contributed by atoms with van der Waals surface area (Å²) < 4.78 is 5.98. The summed E-state index contributed by atoms with van der Waals surface area (Å²) >= 11 is 0. The average molecular weight is 350 g/mol. The van der Waals surface area contributed by atoms with Gasteiger partial charge in [0.2, 0.25) is 11.8 Å². The number of hydrogen-bond acceptors (Lipinski definition) is 3. The minimum Gasteiger partial charge on any atom is -0.455 e. The van der Waals surface area contributed by atoms with Gasteiger partial charge < -0.3 is 14.5 Å². The van der Waals surface area contributed by atoms with Gasteiger partial charge in [0.15, 0.2) is 5.75 Å². The first kappa shape index (κ1) is 16.6. The number of anilines is 1. The van der Waals surface area contributed by atoms with E-state index in [4.69, 9.17) is 4.74 Å². The van der Waals surface area contributed by atoms with Crippen molar-refractivity contribution < 1.29 is 14.3 Å². The lowest BCUT2D eigenvalue weighted by Gasteiger charge is -2.22. The first-order chi connectivity index (χ1) is 12.7. The van der Waals surface area contributed by atoms with E-state index < -0.39 is 0 Å². The van der Waals surface area contributed by atoms with Crippen molar-refractivity contribution in [2.75, 3.05) is 24.5 Å². The Labute approximate surface area is 153 Å². The summed E-state index contributed by atoms with van der Waals surface area (Å²) in [7, 11) is 0. The first-order valence-corrected chi connectivity index (χ1v) is 9.13. The Balaban J connectivity index is 1.54. The summed E-state index contributed by atoms with van der Waals surface area (Å²) in [4.78, 5) is 28.9. The highest BCUT2D eigenvalue weighted by Gasteiger charge is 2.38. The fourth-order valence-electron chi connectivity index (χ4n) is 3.68. The fraction of sp³-hybridized carbons (Fsp3) is 0.333. The van der Waals surface area contributed by atoms with Gasteiger partial charge in [-0.3, -0.25) is 9.59 Å². The highest BCUT2D eigenvalue weighted by atomic mass is 16.5. The van der Waals surface area contributed by atoms with E-state index in [1.165, 1.54) is 0 Å². The van der Waals surface area contributed by atoms with Gasteiger partial charge in [-0.05, 0) is 37.1 Å². The minimum atomic E-state index is -0.259. The van der Waals surface area contributed by atoms with Gasteiger partial charge in [0.05, 0.1) is 11.6 Å². The summed E-state index contributed by atoms with van der Waals surface area (Å²) in [6.07, 6.45) is 2.39. The van der Waals surface area contributed by atoms with Crippen LogP contribution in [0.5, 0.6) is 11.5 Å². The highest BCUT2D eigenvalue weighted by Crippen LogP contribution is 2.36. The number of carbonyl (C=O) groups excluding carboxylic acids is 2. The highest BCUT2D eigenvalue weighted by molar-refractivity contribution is 6.01. The zero-order valence-corrected chi connectivity index (χ0v) is 14.6. The zero-order chi connectivity index (χ0) is 17.9. The Kier molecular flexibility index (Phi) is 4.61. The number of hydrogen-bond donors (Lipinski definition) is 0. The lowest BCUT2D eigenvalue weighted by Crippen LogP contribution is -2.35. The summed E-state index contributed by atoms with van der Waals surface area (Å²) in [6, 6.07) is 17.0. The summed E-state index contributed by atoms with van der Waals surface area (Å²) in [5.74, 6) is 1.18.